The average molecular weight is 245 g/mol. The number of nitrogens with one attached hydrogen (secondary N) is 1. The van der Waals surface area contributed by atoms with Gasteiger partial charge in [-0.3, -0.25) is 0 Å². The van der Waals surface area contributed by atoms with Crippen LogP contribution in [0.25, 0.3) is 0 Å². The van der Waals surface area contributed by atoms with Crippen molar-refractivity contribution in [3.05, 3.63) is 35.4 Å². The van der Waals surface area contributed by atoms with Gasteiger partial charge in [-0.15, -0.1) is 0 Å². The van der Waals surface area contributed by atoms with Gasteiger partial charge in [0, 0.05) is 6.04 Å². The van der Waals surface area contributed by atoms with Gasteiger partial charge in [-0.25, -0.2) is 0 Å². The molecule has 0 bridgehead atoms. The van der Waals surface area contributed by atoms with Crippen LogP contribution < -0.4 is 5.32 Å². The summed E-state index contributed by atoms with van der Waals surface area (Å²) in [6.07, 6.45) is 4.14. The molecule has 1 aromatic carbocycles. The van der Waals surface area contributed by atoms with Crippen molar-refractivity contribution in [1.82, 2.24) is 5.32 Å². The van der Waals surface area contributed by atoms with Crippen molar-refractivity contribution in [3.8, 4) is 0 Å². The topological polar surface area (TPSA) is 12.0 Å². The quantitative estimate of drug-likeness (QED) is 0.823. The summed E-state index contributed by atoms with van der Waals surface area (Å²) in [6, 6.07) is 9.76. The lowest BCUT2D eigenvalue weighted by Crippen LogP contribution is -2.23. The Morgan fingerprint density at radius 3 is 2.11 bits per heavy atom. The number of hydrogen-bond acceptors (Lipinski definition) is 1. The lowest BCUT2D eigenvalue weighted by atomic mass is 9.90. The van der Waals surface area contributed by atoms with Crippen molar-refractivity contribution in [2.24, 2.45) is 11.8 Å². The molecule has 1 aliphatic rings. The van der Waals surface area contributed by atoms with E-state index in [1.54, 1.807) is 0 Å². The van der Waals surface area contributed by atoms with Gasteiger partial charge in [-0.2, -0.15) is 0 Å². The van der Waals surface area contributed by atoms with Gasteiger partial charge in [0.25, 0.3) is 0 Å². The molecular formula is C17H27N. The molecule has 3 unspecified atom stereocenters. The highest BCUT2D eigenvalue weighted by Gasteiger charge is 2.28. The van der Waals surface area contributed by atoms with Crippen LogP contribution in [-0.2, 0) is 0 Å². The summed E-state index contributed by atoms with van der Waals surface area (Å²) >= 11 is 0. The highest BCUT2D eigenvalue weighted by atomic mass is 14.9. The van der Waals surface area contributed by atoms with E-state index in [1.165, 1.54) is 30.4 Å². The maximum Gasteiger partial charge on any atom is 0.0346 e. The summed E-state index contributed by atoms with van der Waals surface area (Å²) in [6.45, 7) is 6.89. The molecule has 1 aromatic rings. The Balaban J connectivity index is 2.12. The lowest BCUT2D eigenvalue weighted by molar-refractivity contribution is 0.379. The maximum atomic E-state index is 3.53. The highest BCUT2D eigenvalue weighted by molar-refractivity contribution is 5.27. The minimum Gasteiger partial charge on any atom is -0.313 e. The fourth-order valence-electron chi connectivity index (χ4n) is 3.32. The zero-order valence-corrected chi connectivity index (χ0v) is 12.2. The van der Waals surface area contributed by atoms with Crippen LogP contribution in [0.5, 0.6) is 0 Å². The zero-order valence-electron chi connectivity index (χ0n) is 12.2. The van der Waals surface area contributed by atoms with Crippen molar-refractivity contribution >= 4 is 0 Å². The largest absolute Gasteiger partial charge is 0.313 e. The van der Waals surface area contributed by atoms with Crippen LogP contribution in [0.1, 0.15) is 63.1 Å². The Hall–Kier alpha value is -0.820. The second-order valence-corrected chi connectivity index (χ2v) is 6.27. The Labute approximate surface area is 112 Å². The molecule has 0 amide bonds. The summed E-state index contributed by atoms with van der Waals surface area (Å²) in [4.78, 5) is 0. The summed E-state index contributed by atoms with van der Waals surface area (Å²) in [5.74, 6) is 2.34. The predicted octanol–water partition coefficient (Wildman–Crippen LogP) is 4.51. The van der Waals surface area contributed by atoms with E-state index in [0.29, 0.717) is 12.0 Å². The van der Waals surface area contributed by atoms with E-state index in [4.69, 9.17) is 0 Å². The Morgan fingerprint density at radius 2 is 1.67 bits per heavy atom. The van der Waals surface area contributed by atoms with Gasteiger partial charge in [0.1, 0.15) is 0 Å². The molecule has 1 nitrogen and oxygen atoms in total. The van der Waals surface area contributed by atoms with E-state index in [2.05, 4.69) is 57.4 Å². The number of rotatable bonds is 4. The van der Waals surface area contributed by atoms with E-state index < -0.39 is 0 Å². The first-order valence-electron chi connectivity index (χ1n) is 7.39. The van der Waals surface area contributed by atoms with Crippen molar-refractivity contribution in [3.63, 3.8) is 0 Å². The molecule has 1 heteroatoms. The molecule has 1 aliphatic carbocycles. The van der Waals surface area contributed by atoms with Crippen molar-refractivity contribution in [1.29, 1.82) is 0 Å². The van der Waals surface area contributed by atoms with Crippen molar-refractivity contribution in [2.45, 2.75) is 52.0 Å². The molecule has 0 heterocycles. The minimum atomic E-state index is 0.538. The molecule has 18 heavy (non-hydrogen) atoms. The van der Waals surface area contributed by atoms with Crippen molar-refractivity contribution in [2.75, 3.05) is 7.05 Å². The average Bonchev–Trinajstić information content (AvgIpc) is 2.77. The van der Waals surface area contributed by atoms with Crippen LogP contribution in [0.15, 0.2) is 24.3 Å². The van der Waals surface area contributed by atoms with Gasteiger partial charge >= 0.3 is 0 Å². The van der Waals surface area contributed by atoms with Crippen LogP contribution in [0, 0.1) is 11.8 Å². The first-order valence-corrected chi connectivity index (χ1v) is 7.39. The highest BCUT2D eigenvalue weighted by Crippen LogP contribution is 2.38. The second kappa shape index (κ2) is 5.88. The monoisotopic (exact) mass is 245 g/mol. The normalized spacial score (nSPS) is 25.6. The van der Waals surface area contributed by atoms with Crippen molar-refractivity contribution < 1.29 is 0 Å². The molecule has 1 saturated carbocycles. The summed E-state index contributed by atoms with van der Waals surface area (Å²) in [5.41, 5.74) is 2.90. The molecule has 0 radical (unpaired) electrons. The van der Waals surface area contributed by atoms with Gasteiger partial charge in [-0.05, 0) is 48.8 Å². The second-order valence-electron chi connectivity index (χ2n) is 6.27. The molecule has 0 aromatic heterocycles. The van der Waals surface area contributed by atoms with Gasteiger partial charge in [0.05, 0.1) is 0 Å². The van der Waals surface area contributed by atoms with E-state index in [-0.39, 0.29) is 0 Å². The van der Waals surface area contributed by atoms with Crippen LogP contribution >= 0.6 is 0 Å². The molecule has 0 saturated heterocycles. The fourth-order valence-corrected chi connectivity index (χ4v) is 3.32. The summed E-state index contributed by atoms with van der Waals surface area (Å²) in [7, 11) is 2.10. The molecule has 1 fully saturated rings. The molecule has 2 rings (SSSR count). The Bertz CT molecular complexity index is 366. The molecule has 0 spiro atoms. The van der Waals surface area contributed by atoms with Gasteiger partial charge in [0.15, 0.2) is 0 Å². The third kappa shape index (κ3) is 2.95. The lowest BCUT2D eigenvalue weighted by Gasteiger charge is -2.24. The van der Waals surface area contributed by atoms with E-state index >= 15 is 0 Å². The molecule has 100 valence electrons. The molecule has 0 aliphatic heterocycles. The molecular weight excluding hydrogens is 218 g/mol. The van der Waals surface area contributed by atoms with Gasteiger partial charge < -0.3 is 5.32 Å². The van der Waals surface area contributed by atoms with Gasteiger partial charge in [0.2, 0.25) is 0 Å². The van der Waals surface area contributed by atoms with Crippen LogP contribution in [-0.4, -0.2) is 7.05 Å². The third-order valence-electron chi connectivity index (χ3n) is 4.48. The zero-order chi connectivity index (χ0) is 13.1. The Kier molecular flexibility index (Phi) is 4.45. The molecule has 1 N–H and O–H groups in total. The predicted molar refractivity (Wildman–Crippen MR) is 78.8 cm³/mol. The summed E-state index contributed by atoms with van der Waals surface area (Å²) < 4.78 is 0. The number of hydrogen-bond donors (Lipinski definition) is 1. The minimum absolute atomic E-state index is 0.538. The maximum absolute atomic E-state index is 3.53. The van der Waals surface area contributed by atoms with Crippen LogP contribution in [0.4, 0.5) is 0 Å². The first kappa shape index (κ1) is 13.6. The van der Waals surface area contributed by atoms with E-state index in [0.717, 1.165) is 11.8 Å². The smallest absolute Gasteiger partial charge is 0.0346 e. The SMILES string of the molecule is CNC(c1ccc(C(C)C)cc1)C1CCC(C)C1. The Morgan fingerprint density at radius 1 is 1.06 bits per heavy atom. The first-order chi connectivity index (χ1) is 8.61. The third-order valence-corrected chi connectivity index (χ3v) is 4.48. The summed E-state index contributed by atoms with van der Waals surface area (Å²) in [5, 5.41) is 3.53. The molecule has 3 atom stereocenters. The number of benzene rings is 1. The van der Waals surface area contributed by atoms with E-state index in [1.807, 2.05) is 0 Å². The van der Waals surface area contributed by atoms with E-state index in [9.17, 15) is 0 Å². The standard InChI is InChI=1S/C17H27N/c1-12(2)14-7-9-15(10-8-14)17(18-4)16-6-5-13(3)11-16/h7-10,12-13,16-18H,5-6,11H2,1-4H3. The van der Waals surface area contributed by atoms with Crippen LogP contribution in [0.3, 0.4) is 0 Å². The van der Waals surface area contributed by atoms with Gasteiger partial charge in [-0.1, -0.05) is 51.5 Å². The fraction of sp³-hybridized carbons (Fsp3) is 0.647. The van der Waals surface area contributed by atoms with Crippen LogP contribution in [0.2, 0.25) is 0 Å².